The molecule has 4 heterocycles. The normalized spacial score (nSPS) is 17.9. The SMILES string of the molecule is COc1cc(C(=O)N2CCc3sccc3[C@H]2c2cccs2)ccc1OCC(=O)N1CCOCC1. The molecule has 0 radical (unpaired) electrons. The molecule has 7 nitrogen and oxygen atoms in total. The van der Waals surface area contributed by atoms with E-state index in [9.17, 15) is 9.59 Å². The lowest BCUT2D eigenvalue weighted by Gasteiger charge is -2.35. The van der Waals surface area contributed by atoms with Crippen molar-refractivity contribution >= 4 is 34.5 Å². The van der Waals surface area contributed by atoms with Gasteiger partial charge in [-0.2, -0.15) is 0 Å². The van der Waals surface area contributed by atoms with Crippen LogP contribution in [-0.4, -0.2) is 68.2 Å². The highest BCUT2D eigenvalue weighted by Gasteiger charge is 2.34. The summed E-state index contributed by atoms with van der Waals surface area (Å²) in [5.74, 6) is 0.726. The Bertz CT molecular complexity index is 1150. The number of thiophene rings is 2. The standard InChI is InChI=1S/C25H26N2O5S2/c1-30-20-15-17(4-5-19(20)32-16-23(28)26-9-11-31-12-10-26)25(29)27-8-6-21-18(7-14-34-21)24(27)22-3-2-13-33-22/h2-5,7,13-15,24H,6,8-12,16H2,1H3/t24-/m0/s1. The molecule has 2 aliphatic heterocycles. The molecule has 2 amide bonds. The molecule has 0 saturated carbocycles. The molecule has 1 fully saturated rings. The monoisotopic (exact) mass is 498 g/mol. The van der Waals surface area contributed by atoms with Gasteiger partial charge in [-0.1, -0.05) is 6.07 Å². The number of benzene rings is 1. The van der Waals surface area contributed by atoms with Crippen molar-refractivity contribution in [1.82, 2.24) is 9.80 Å². The van der Waals surface area contributed by atoms with Crippen LogP contribution in [0.2, 0.25) is 0 Å². The Morgan fingerprint density at radius 1 is 1.06 bits per heavy atom. The summed E-state index contributed by atoms with van der Waals surface area (Å²) in [5.41, 5.74) is 1.74. The molecule has 1 saturated heterocycles. The first-order valence-corrected chi connectivity index (χ1v) is 13.0. The molecule has 0 bridgehead atoms. The minimum absolute atomic E-state index is 0.0514. The summed E-state index contributed by atoms with van der Waals surface area (Å²) in [6, 6.07) is 11.3. The van der Waals surface area contributed by atoms with Crippen LogP contribution in [0.5, 0.6) is 11.5 Å². The predicted octanol–water partition coefficient (Wildman–Crippen LogP) is 3.84. The number of ether oxygens (including phenoxy) is 3. The second kappa shape index (κ2) is 10.2. The Hall–Kier alpha value is -2.88. The van der Waals surface area contributed by atoms with Gasteiger partial charge >= 0.3 is 0 Å². The molecule has 2 aliphatic rings. The molecule has 0 N–H and O–H groups in total. The quantitative estimate of drug-likeness (QED) is 0.517. The second-order valence-electron chi connectivity index (χ2n) is 8.11. The Morgan fingerprint density at radius 2 is 1.91 bits per heavy atom. The molecule has 0 spiro atoms. The number of fused-ring (bicyclic) bond motifs is 1. The molecule has 9 heteroatoms. The highest BCUT2D eigenvalue weighted by Crippen LogP contribution is 2.40. The molecular weight excluding hydrogens is 472 g/mol. The zero-order valence-electron chi connectivity index (χ0n) is 18.9. The van der Waals surface area contributed by atoms with Gasteiger partial charge in [0.05, 0.1) is 26.4 Å². The van der Waals surface area contributed by atoms with E-state index < -0.39 is 0 Å². The van der Waals surface area contributed by atoms with Gasteiger partial charge in [0.15, 0.2) is 18.1 Å². The highest BCUT2D eigenvalue weighted by molar-refractivity contribution is 7.10. The number of rotatable bonds is 6. The van der Waals surface area contributed by atoms with Crippen LogP contribution >= 0.6 is 22.7 Å². The third-order valence-electron chi connectivity index (χ3n) is 6.16. The Labute approximate surface area is 206 Å². The van der Waals surface area contributed by atoms with E-state index in [0.717, 1.165) is 11.3 Å². The van der Waals surface area contributed by atoms with Gasteiger partial charge < -0.3 is 24.0 Å². The van der Waals surface area contributed by atoms with E-state index in [0.29, 0.717) is 49.9 Å². The molecule has 0 aliphatic carbocycles. The van der Waals surface area contributed by atoms with Crippen LogP contribution in [0.25, 0.3) is 0 Å². The summed E-state index contributed by atoms with van der Waals surface area (Å²) in [5, 5.41) is 4.15. The van der Waals surface area contributed by atoms with E-state index >= 15 is 0 Å². The van der Waals surface area contributed by atoms with Crippen molar-refractivity contribution in [3.63, 3.8) is 0 Å². The summed E-state index contributed by atoms with van der Waals surface area (Å²) in [7, 11) is 1.53. The molecule has 178 valence electrons. The molecule has 0 unspecified atom stereocenters. The minimum atomic E-state index is -0.0934. The maximum absolute atomic E-state index is 13.7. The van der Waals surface area contributed by atoms with Crippen LogP contribution in [0.15, 0.2) is 47.2 Å². The molecule has 3 aromatic rings. The van der Waals surface area contributed by atoms with Gasteiger partial charge in [0.2, 0.25) is 0 Å². The first kappa shape index (κ1) is 22.9. The number of hydrogen-bond acceptors (Lipinski definition) is 7. The van der Waals surface area contributed by atoms with Gasteiger partial charge in [-0.05, 0) is 53.1 Å². The van der Waals surface area contributed by atoms with Gasteiger partial charge in [0.1, 0.15) is 0 Å². The molecule has 2 aromatic heterocycles. The lowest BCUT2D eigenvalue weighted by molar-refractivity contribution is -0.137. The van der Waals surface area contributed by atoms with Gasteiger partial charge in [-0.3, -0.25) is 9.59 Å². The summed E-state index contributed by atoms with van der Waals surface area (Å²) >= 11 is 3.42. The molecule has 1 aromatic carbocycles. The van der Waals surface area contributed by atoms with Crippen LogP contribution in [0.3, 0.4) is 0 Å². The lowest BCUT2D eigenvalue weighted by Crippen LogP contribution is -2.43. The smallest absolute Gasteiger partial charge is 0.260 e. The van der Waals surface area contributed by atoms with Gasteiger partial charge in [-0.15, -0.1) is 22.7 Å². The zero-order valence-corrected chi connectivity index (χ0v) is 20.5. The molecule has 5 rings (SSSR count). The number of morpholine rings is 1. The van der Waals surface area contributed by atoms with Crippen molar-refractivity contribution in [1.29, 1.82) is 0 Å². The molecule has 1 atom stereocenters. The number of carbonyl (C=O) groups excluding carboxylic acids is 2. The van der Waals surface area contributed by atoms with Crippen LogP contribution < -0.4 is 9.47 Å². The van der Waals surface area contributed by atoms with Crippen molar-refractivity contribution < 1.29 is 23.8 Å². The van der Waals surface area contributed by atoms with Crippen molar-refractivity contribution in [3.05, 3.63) is 68.0 Å². The summed E-state index contributed by atoms with van der Waals surface area (Å²) < 4.78 is 16.6. The van der Waals surface area contributed by atoms with E-state index in [4.69, 9.17) is 14.2 Å². The summed E-state index contributed by atoms with van der Waals surface area (Å²) in [6.45, 7) is 2.80. The highest BCUT2D eigenvalue weighted by atomic mass is 32.1. The first-order valence-electron chi connectivity index (χ1n) is 11.2. The fourth-order valence-corrected chi connectivity index (χ4v) is 6.18. The summed E-state index contributed by atoms with van der Waals surface area (Å²) in [6.07, 6.45) is 0.850. The Kier molecular flexibility index (Phi) is 6.85. The van der Waals surface area contributed by atoms with Gasteiger partial charge in [0.25, 0.3) is 11.8 Å². The van der Waals surface area contributed by atoms with Crippen molar-refractivity contribution in [2.24, 2.45) is 0 Å². The van der Waals surface area contributed by atoms with E-state index in [2.05, 4.69) is 17.5 Å². The third-order valence-corrected chi connectivity index (χ3v) is 8.09. The van der Waals surface area contributed by atoms with Crippen LogP contribution in [0, 0.1) is 0 Å². The number of hydrogen-bond donors (Lipinski definition) is 0. The molecular formula is C25H26N2O5S2. The number of nitrogens with zero attached hydrogens (tertiary/aromatic N) is 2. The lowest BCUT2D eigenvalue weighted by atomic mass is 9.97. The number of amides is 2. The van der Waals surface area contributed by atoms with E-state index in [-0.39, 0.29) is 24.5 Å². The third kappa shape index (κ3) is 4.55. The Morgan fingerprint density at radius 3 is 2.68 bits per heavy atom. The largest absolute Gasteiger partial charge is 0.493 e. The predicted molar refractivity (Wildman–Crippen MR) is 131 cm³/mol. The van der Waals surface area contributed by atoms with Crippen LogP contribution in [0.1, 0.15) is 31.7 Å². The fourth-order valence-electron chi connectivity index (χ4n) is 4.42. The second-order valence-corrected chi connectivity index (χ2v) is 10.1. The average molecular weight is 499 g/mol. The average Bonchev–Trinajstić information content (AvgIpc) is 3.59. The summed E-state index contributed by atoms with van der Waals surface area (Å²) in [4.78, 5) is 32.2. The number of carbonyl (C=O) groups is 2. The van der Waals surface area contributed by atoms with Crippen molar-refractivity contribution in [2.45, 2.75) is 12.5 Å². The van der Waals surface area contributed by atoms with Gasteiger partial charge in [0, 0.05) is 35.0 Å². The van der Waals surface area contributed by atoms with Crippen LogP contribution in [0.4, 0.5) is 0 Å². The fraction of sp³-hybridized carbons (Fsp3) is 0.360. The maximum atomic E-state index is 13.7. The van der Waals surface area contributed by atoms with Crippen molar-refractivity contribution in [2.75, 3.05) is 46.6 Å². The van der Waals surface area contributed by atoms with Gasteiger partial charge in [-0.25, -0.2) is 0 Å². The molecule has 34 heavy (non-hydrogen) atoms. The van der Waals surface area contributed by atoms with E-state index in [1.165, 1.54) is 17.6 Å². The van der Waals surface area contributed by atoms with E-state index in [1.54, 1.807) is 45.8 Å². The van der Waals surface area contributed by atoms with E-state index in [1.807, 2.05) is 16.3 Å². The first-order chi connectivity index (χ1) is 16.7. The topological polar surface area (TPSA) is 68.3 Å². The Balaban J connectivity index is 1.34. The van der Waals surface area contributed by atoms with Crippen LogP contribution in [-0.2, 0) is 16.0 Å². The maximum Gasteiger partial charge on any atom is 0.260 e. The number of methoxy groups -OCH3 is 1. The van der Waals surface area contributed by atoms with Crippen molar-refractivity contribution in [3.8, 4) is 11.5 Å². The minimum Gasteiger partial charge on any atom is -0.493 e. The zero-order chi connectivity index (χ0) is 23.5.